The molecule has 0 spiro atoms. The number of hydrogen-bond donors (Lipinski definition) is 0. The van der Waals surface area contributed by atoms with Crippen LogP contribution >= 0.6 is 15.9 Å². The van der Waals surface area contributed by atoms with E-state index in [1.165, 1.54) is 0 Å². The van der Waals surface area contributed by atoms with Crippen molar-refractivity contribution in [3.05, 3.63) is 40.7 Å². The highest BCUT2D eigenvalue weighted by atomic mass is 79.9. The first-order valence-corrected chi connectivity index (χ1v) is 4.75. The molecule has 1 aromatic heterocycles. The zero-order chi connectivity index (χ0) is 9.26. The van der Waals surface area contributed by atoms with Crippen molar-refractivity contribution >= 4 is 15.9 Å². The summed E-state index contributed by atoms with van der Waals surface area (Å²) in [6.07, 6.45) is 0. The average Bonchev–Trinajstić information content (AvgIpc) is 2.49. The normalized spacial score (nSPS) is 10.3. The van der Waals surface area contributed by atoms with Gasteiger partial charge in [0, 0.05) is 5.56 Å². The average molecular weight is 238 g/mol. The SMILES string of the molecule is Cc1oc(-c2ccccc2)nc1Br. The van der Waals surface area contributed by atoms with Crippen LogP contribution in [0.5, 0.6) is 0 Å². The van der Waals surface area contributed by atoms with Gasteiger partial charge in [-0.15, -0.1) is 0 Å². The first-order valence-electron chi connectivity index (χ1n) is 3.96. The second kappa shape index (κ2) is 3.34. The van der Waals surface area contributed by atoms with Crippen molar-refractivity contribution in [3.8, 4) is 11.5 Å². The fourth-order valence-corrected chi connectivity index (χ4v) is 1.32. The number of benzene rings is 1. The predicted octanol–water partition coefficient (Wildman–Crippen LogP) is 3.41. The summed E-state index contributed by atoms with van der Waals surface area (Å²) in [5.41, 5.74) is 0.997. The van der Waals surface area contributed by atoms with Crippen molar-refractivity contribution in [2.75, 3.05) is 0 Å². The molecule has 2 rings (SSSR count). The second-order valence-corrected chi connectivity index (χ2v) is 3.48. The molecule has 0 atom stereocenters. The molecule has 0 amide bonds. The van der Waals surface area contributed by atoms with E-state index in [9.17, 15) is 0 Å². The Hall–Kier alpha value is -1.09. The third kappa shape index (κ3) is 1.65. The fourth-order valence-electron chi connectivity index (χ4n) is 1.08. The van der Waals surface area contributed by atoms with Crippen molar-refractivity contribution in [2.24, 2.45) is 0 Å². The highest BCUT2D eigenvalue weighted by Crippen LogP contribution is 2.23. The van der Waals surface area contributed by atoms with Gasteiger partial charge in [-0.1, -0.05) is 18.2 Å². The molecule has 0 radical (unpaired) electrons. The van der Waals surface area contributed by atoms with Crippen LogP contribution in [0.2, 0.25) is 0 Å². The number of aryl methyl sites for hydroxylation is 1. The van der Waals surface area contributed by atoms with E-state index in [1.807, 2.05) is 37.3 Å². The van der Waals surface area contributed by atoms with Crippen LogP contribution in [0, 0.1) is 6.92 Å². The lowest BCUT2D eigenvalue weighted by molar-refractivity contribution is 0.541. The lowest BCUT2D eigenvalue weighted by Crippen LogP contribution is -1.74. The number of rotatable bonds is 1. The van der Waals surface area contributed by atoms with E-state index >= 15 is 0 Å². The van der Waals surface area contributed by atoms with E-state index in [4.69, 9.17) is 4.42 Å². The van der Waals surface area contributed by atoms with Crippen LogP contribution in [-0.2, 0) is 0 Å². The zero-order valence-electron chi connectivity index (χ0n) is 7.12. The standard InChI is InChI=1S/C10H8BrNO/c1-7-9(11)12-10(13-7)8-5-3-2-4-6-8/h2-6H,1H3. The molecule has 0 unspecified atom stereocenters. The van der Waals surface area contributed by atoms with Gasteiger partial charge in [-0.3, -0.25) is 0 Å². The lowest BCUT2D eigenvalue weighted by Gasteiger charge is -1.91. The van der Waals surface area contributed by atoms with Gasteiger partial charge in [0.25, 0.3) is 0 Å². The van der Waals surface area contributed by atoms with E-state index < -0.39 is 0 Å². The number of nitrogens with zero attached hydrogens (tertiary/aromatic N) is 1. The summed E-state index contributed by atoms with van der Waals surface area (Å²) < 4.78 is 6.21. The van der Waals surface area contributed by atoms with Crippen molar-refractivity contribution in [1.29, 1.82) is 0 Å². The molecule has 0 bridgehead atoms. The van der Waals surface area contributed by atoms with Crippen LogP contribution in [-0.4, -0.2) is 4.98 Å². The Bertz CT molecular complexity index is 389. The van der Waals surface area contributed by atoms with Crippen LogP contribution < -0.4 is 0 Å². The molecule has 2 aromatic rings. The van der Waals surface area contributed by atoms with Crippen LogP contribution in [0.4, 0.5) is 0 Å². The first kappa shape index (κ1) is 8.51. The van der Waals surface area contributed by atoms with E-state index in [0.29, 0.717) is 5.89 Å². The minimum absolute atomic E-state index is 0.657. The molecule has 0 aliphatic rings. The summed E-state index contributed by atoms with van der Waals surface area (Å²) in [7, 11) is 0. The molecule has 0 saturated carbocycles. The summed E-state index contributed by atoms with van der Waals surface area (Å²) in [5, 5.41) is 0. The van der Waals surface area contributed by atoms with Gasteiger partial charge in [-0.2, -0.15) is 0 Å². The number of aromatic nitrogens is 1. The van der Waals surface area contributed by atoms with E-state index in [1.54, 1.807) is 0 Å². The van der Waals surface area contributed by atoms with Crippen molar-refractivity contribution in [2.45, 2.75) is 6.92 Å². The molecule has 0 fully saturated rings. The van der Waals surface area contributed by atoms with Crippen molar-refractivity contribution in [1.82, 2.24) is 4.98 Å². The summed E-state index contributed by atoms with van der Waals surface area (Å²) in [6.45, 7) is 1.88. The number of oxazole rings is 1. The van der Waals surface area contributed by atoms with Crippen molar-refractivity contribution in [3.63, 3.8) is 0 Å². The number of hydrogen-bond acceptors (Lipinski definition) is 2. The Balaban J connectivity index is 2.48. The van der Waals surface area contributed by atoms with Gasteiger partial charge in [0.1, 0.15) is 10.4 Å². The van der Waals surface area contributed by atoms with Gasteiger partial charge in [-0.05, 0) is 35.0 Å². The molecule has 1 aromatic carbocycles. The van der Waals surface area contributed by atoms with Gasteiger partial charge < -0.3 is 4.42 Å². The maximum Gasteiger partial charge on any atom is 0.227 e. The Kier molecular flexibility index (Phi) is 2.19. The van der Waals surface area contributed by atoms with Crippen LogP contribution in [0.15, 0.2) is 39.4 Å². The first-order chi connectivity index (χ1) is 6.27. The fraction of sp³-hybridized carbons (Fsp3) is 0.100. The quantitative estimate of drug-likeness (QED) is 0.760. The summed E-state index contributed by atoms with van der Waals surface area (Å²) in [5.74, 6) is 1.46. The largest absolute Gasteiger partial charge is 0.440 e. The molecule has 1 heterocycles. The molecule has 0 saturated heterocycles. The molecule has 13 heavy (non-hydrogen) atoms. The summed E-state index contributed by atoms with van der Waals surface area (Å²) in [6, 6.07) is 9.83. The molecule has 3 heteroatoms. The van der Waals surface area contributed by atoms with Crippen LogP contribution in [0.3, 0.4) is 0 Å². The minimum atomic E-state index is 0.657. The Labute approximate surface area is 84.7 Å². The third-order valence-electron chi connectivity index (χ3n) is 1.76. The van der Waals surface area contributed by atoms with Gasteiger partial charge in [-0.25, -0.2) is 4.98 Å². The highest BCUT2D eigenvalue weighted by molar-refractivity contribution is 9.10. The smallest absolute Gasteiger partial charge is 0.227 e. The topological polar surface area (TPSA) is 26.0 Å². The summed E-state index contributed by atoms with van der Waals surface area (Å²) in [4.78, 5) is 4.23. The molecule has 66 valence electrons. The molecular formula is C10H8BrNO. The Morgan fingerprint density at radius 2 is 1.92 bits per heavy atom. The van der Waals surface area contributed by atoms with Gasteiger partial charge >= 0.3 is 0 Å². The van der Waals surface area contributed by atoms with Gasteiger partial charge in [0.2, 0.25) is 5.89 Å². The monoisotopic (exact) mass is 237 g/mol. The molecule has 0 aliphatic carbocycles. The minimum Gasteiger partial charge on any atom is -0.440 e. The molecule has 2 nitrogen and oxygen atoms in total. The highest BCUT2D eigenvalue weighted by Gasteiger charge is 2.07. The van der Waals surface area contributed by atoms with E-state index in [-0.39, 0.29) is 0 Å². The second-order valence-electron chi connectivity index (χ2n) is 2.73. The molecule has 0 N–H and O–H groups in total. The molecule has 0 aliphatic heterocycles. The van der Waals surface area contributed by atoms with E-state index in [0.717, 1.165) is 15.9 Å². The maximum atomic E-state index is 5.44. The van der Waals surface area contributed by atoms with Crippen molar-refractivity contribution < 1.29 is 4.42 Å². The predicted molar refractivity (Wildman–Crippen MR) is 54.4 cm³/mol. The van der Waals surface area contributed by atoms with E-state index in [2.05, 4.69) is 20.9 Å². The summed E-state index contributed by atoms with van der Waals surface area (Å²) >= 11 is 3.31. The maximum absolute atomic E-state index is 5.44. The van der Waals surface area contributed by atoms with Gasteiger partial charge in [0.15, 0.2) is 0 Å². The van der Waals surface area contributed by atoms with Crippen LogP contribution in [0.25, 0.3) is 11.5 Å². The number of halogens is 1. The lowest BCUT2D eigenvalue weighted by atomic mass is 10.2. The Morgan fingerprint density at radius 3 is 2.46 bits per heavy atom. The molecular weight excluding hydrogens is 230 g/mol. The zero-order valence-corrected chi connectivity index (χ0v) is 8.71. The third-order valence-corrected chi connectivity index (χ3v) is 2.50. The van der Waals surface area contributed by atoms with Gasteiger partial charge in [0.05, 0.1) is 0 Å². The van der Waals surface area contributed by atoms with Crippen LogP contribution in [0.1, 0.15) is 5.76 Å². The Morgan fingerprint density at radius 1 is 1.23 bits per heavy atom.